The maximum Gasteiger partial charge on any atom is 0.248 e. The Morgan fingerprint density at radius 1 is 1.28 bits per heavy atom. The normalized spacial score (nSPS) is 28.8. The molecule has 1 spiro atoms. The van der Waals surface area contributed by atoms with Crippen molar-refractivity contribution in [3.8, 4) is 0 Å². The minimum absolute atomic E-state index is 0.132. The average molecular weight is 254 g/mol. The number of ether oxygens (including phenoxy) is 1. The molecular formula is C14H26N2O2. The van der Waals surface area contributed by atoms with E-state index >= 15 is 0 Å². The van der Waals surface area contributed by atoms with Crippen LogP contribution in [0.2, 0.25) is 0 Å². The Kier molecular flexibility index (Phi) is 4.28. The van der Waals surface area contributed by atoms with Gasteiger partial charge in [-0.15, -0.1) is 0 Å². The summed E-state index contributed by atoms with van der Waals surface area (Å²) < 4.78 is 5.41. The molecule has 2 aliphatic rings. The van der Waals surface area contributed by atoms with Crippen LogP contribution in [-0.4, -0.2) is 61.1 Å². The van der Waals surface area contributed by atoms with Crippen LogP contribution in [0.3, 0.4) is 0 Å². The monoisotopic (exact) mass is 254 g/mol. The molecule has 2 aliphatic heterocycles. The standard InChI is InChI=1S/C14H26N2O2/c1-4-15-7-5-14(10-15)6-8-16(11-14)13(17)9-18-12(2)3/h12H,4-11H2,1-3H3/t14-/m1/s1. The van der Waals surface area contributed by atoms with E-state index < -0.39 is 0 Å². The zero-order valence-corrected chi connectivity index (χ0v) is 11.9. The molecule has 0 aliphatic carbocycles. The second-order valence-electron chi connectivity index (χ2n) is 6.04. The first kappa shape index (κ1) is 13.8. The SMILES string of the molecule is CCN1CC[C@@]2(CCN(C(=O)COC(C)C)C2)C1. The highest BCUT2D eigenvalue weighted by molar-refractivity contribution is 5.77. The number of hydrogen-bond donors (Lipinski definition) is 0. The zero-order valence-electron chi connectivity index (χ0n) is 11.9. The van der Waals surface area contributed by atoms with E-state index in [0.29, 0.717) is 5.41 Å². The number of amides is 1. The summed E-state index contributed by atoms with van der Waals surface area (Å²) in [5.41, 5.74) is 0.378. The first-order chi connectivity index (χ1) is 8.54. The van der Waals surface area contributed by atoms with Crippen molar-refractivity contribution in [1.29, 1.82) is 0 Å². The Morgan fingerprint density at radius 3 is 2.61 bits per heavy atom. The highest BCUT2D eigenvalue weighted by Gasteiger charge is 2.44. The minimum atomic E-state index is 0.132. The number of carbonyl (C=O) groups excluding carboxylic acids is 1. The molecule has 4 nitrogen and oxygen atoms in total. The van der Waals surface area contributed by atoms with Crippen molar-refractivity contribution in [2.45, 2.75) is 39.7 Å². The molecule has 1 amide bonds. The zero-order chi connectivity index (χ0) is 13.2. The Bertz CT molecular complexity index is 306. The van der Waals surface area contributed by atoms with Gasteiger partial charge in [-0.3, -0.25) is 4.79 Å². The van der Waals surface area contributed by atoms with E-state index in [0.717, 1.165) is 32.6 Å². The summed E-state index contributed by atoms with van der Waals surface area (Å²) in [5.74, 6) is 0.163. The van der Waals surface area contributed by atoms with Gasteiger partial charge in [-0.1, -0.05) is 6.92 Å². The predicted octanol–water partition coefficient (Wildman–Crippen LogP) is 1.36. The molecule has 104 valence electrons. The molecule has 18 heavy (non-hydrogen) atoms. The quantitative estimate of drug-likeness (QED) is 0.759. The number of rotatable bonds is 4. The molecule has 0 N–H and O–H groups in total. The second-order valence-corrected chi connectivity index (χ2v) is 6.04. The Balaban J connectivity index is 1.83. The van der Waals surface area contributed by atoms with Crippen LogP contribution in [0.5, 0.6) is 0 Å². The van der Waals surface area contributed by atoms with E-state index in [9.17, 15) is 4.79 Å². The van der Waals surface area contributed by atoms with Gasteiger partial charge in [0.2, 0.25) is 5.91 Å². The van der Waals surface area contributed by atoms with Crippen molar-refractivity contribution in [3.05, 3.63) is 0 Å². The smallest absolute Gasteiger partial charge is 0.248 e. The lowest BCUT2D eigenvalue weighted by Crippen LogP contribution is -2.36. The summed E-state index contributed by atoms with van der Waals surface area (Å²) in [6.45, 7) is 11.7. The van der Waals surface area contributed by atoms with Crippen LogP contribution in [0.1, 0.15) is 33.6 Å². The van der Waals surface area contributed by atoms with Gasteiger partial charge < -0.3 is 14.5 Å². The highest BCUT2D eigenvalue weighted by Crippen LogP contribution is 2.39. The third-order valence-corrected chi connectivity index (χ3v) is 4.30. The molecule has 2 saturated heterocycles. The first-order valence-corrected chi connectivity index (χ1v) is 7.16. The molecule has 4 heteroatoms. The fourth-order valence-electron chi connectivity index (χ4n) is 3.11. The van der Waals surface area contributed by atoms with Crippen molar-refractivity contribution >= 4 is 5.91 Å². The Labute approximate surface area is 110 Å². The highest BCUT2D eigenvalue weighted by atomic mass is 16.5. The lowest BCUT2D eigenvalue weighted by Gasteiger charge is -2.24. The van der Waals surface area contributed by atoms with Crippen molar-refractivity contribution in [1.82, 2.24) is 9.80 Å². The molecule has 2 rings (SSSR count). The van der Waals surface area contributed by atoms with Crippen LogP contribution in [0.25, 0.3) is 0 Å². The van der Waals surface area contributed by atoms with E-state index in [2.05, 4.69) is 11.8 Å². The predicted molar refractivity (Wildman–Crippen MR) is 71.4 cm³/mol. The molecule has 2 heterocycles. The van der Waals surface area contributed by atoms with Crippen LogP contribution in [0.15, 0.2) is 0 Å². The lowest BCUT2D eigenvalue weighted by molar-refractivity contribution is -0.136. The third-order valence-electron chi connectivity index (χ3n) is 4.30. The molecule has 2 fully saturated rings. The summed E-state index contributed by atoms with van der Waals surface area (Å²) in [7, 11) is 0. The van der Waals surface area contributed by atoms with Gasteiger partial charge in [-0.25, -0.2) is 0 Å². The molecule has 0 aromatic heterocycles. The maximum atomic E-state index is 12.0. The average Bonchev–Trinajstić information content (AvgIpc) is 2.94. The van der Waals surface area contributed by atoms with Crippen LogP contribution >= 0.6 is 0 Å². The van der Waals surface area contributed by atoms with Crippen molar-refractivity contribution < 1.29 is 9.53 Å². The molecular weight excluding hydrogens is 228 g/mol. The van der Waals surface area contributed by atoms with Gasteiger partial charge in [-0.05, 0) is 39.8 Å². The first-order valence-electron chi connectivity index (χ1n) is 7.16. The summed E-state index contributed by atoms with van der Waals surface area (Å²) >= 11 is 0. The molecule has 1 atom stereocenters. The fourth-order valence-corrected chi connectivity index (χ4v) is 3.11. The van der Waals surface area contributed by atoms with Gasteiger partial charge >= 0.3 is 0 Å². The second kappa shape index (κ2) is 5.57. The van der Waals surface area contributed by atoms with Crippen LogP contribution in [0, 0.1) is 5.41 Å². The van der Waals surface area contributed by atoms with E-state index in [1.807, 2.05) is 18.7 Å². The lowest BCUT2D eigenvalue weighted by atomic mass is 9.86. The maximum absolute atomic E-state index is 12.0. The molecule has 0 saturated carbocycles. The van der Waals surface area contributed by atoms with Gasteiger partial charge in [0.1, 0.15) is 6.61 Å². The third kappa shape index (κ3) is 3.04. The van der Waals surface area contributed by atoms with Crippen LogP contribution in [-0.2, 0) is 9.53 Å². The van der Waals surface area contributed by atoms with Gasteiger partial charge in [0.15, 0.2) is 0 Å². The molecule has 0 aromatic rings. The van der Waals surface area contributed by atoms with E-state index in [1.54, 1.807) is 0 Å². The van der Waals surface area contributed by atoms with Gasteiger partial charge in [-0.2, -0.15) is 0 Å². The van der Waals surface area contributed by atoms with Crippen molar-refractivity contribution in [2.75, 3.05) is 39.3 Å². The molecule has 0 aromatic carbocycles. The van der Waals surface area contributed by atoms with Gasteiger partial charge in [0, 0.05) is 25.0 Å². The van der Waals surface area contributed by atoms with Crippen LogP contribution < -0.4 is 0 Å². The van der Waals surface area contributed by atoms with E-state index in [1.165, 1.54) is 13.0 Å². The van der Waals surface area contributed by atoms with Gasteiger partial charge in [0.05, 0.1) is 6.10 Å². The fraction of sp³-hybridized carbons (Fsp3) is 0.929. The van der Waals surface area contributed by atoms with Gasteiger partial charge in [0.25, 0.3) is 0 Å². The number of carbonyl (C=O) groups is 1. The molecule has 0 bridgehead atoms. The number of likely N-dealkylation sites (tertiary alicyclic amines) is 2. The summed E-state index contributed by atoms with van der Waals surface area (Å²) in [4.78, 5) is 16.5. The number of nitrogens with zero attached hydrogens (tertiary/aromatic N) is 2. The Hall–Kier alpha value is -0.610. The summed E-state index contributed by atoms with van der Waals surface area (Å²) in [6, 6.07) is 0. The number of hydrogen-bond acceptors (Lipinski definition) is 3. The Morgan fingerprint density at radius 2 is 2.00 bits per heavy atom. The van der Waals surface area contributed by atoms with E-state index in [-0.39, 0.29) is 18.6 Å². The summed E-state index contributed by atoms with van der Waals surface area (Å²) in [5, 5.41) is 0. The van der Waals surface area contributed by atoms with E-state index in [4.69, 9.17) is 4.74 Å². The summed E-state index contributed by atoms with van der Waals surface area (Å²) in [6.07, 6.45) is 2.54. The van der Waals surface area contributed by atoms with Crippen molar-refractivity contribution in [3.63, 3.8) is 0 Å². The minimum Gasteiger partial charge on any atom is -0.369 e. The molecule has 0 radical (unpaired) electrons. The van der Waals surface area contributed by atoms with Crippen LogP contribution in [0.4, 0.5) is 0 Å². The molecule has 0 unspecified atom stereocenters. The topological polar surface area (TPSA) is 32.8 Å². The van der Waals surface area contributed by atoms with Crippen molar-refractivity contribution in [2.24, 2.45) is 5.41 Å². The largest absolute Gasteiger partial charge is 0.369 e.